The number of carbonyl (C=O) groups is 1. The van der Waals surface area contributed by atoms with Crippen LogP contribution in [0, 0.1) is 5.41 Å². The second kappa shape index (κ2) is 9.52. The molecule has 0 N–H and O–H groups in total. The first-order valence-corrected chi connectivity index (χ1v) is 10.6. The molecule has 5 heteroatoms. The summed E-state index contributed by atoms with van der Waals surface area (Å²) >= 11 is 0. The first kappa shape index (κ1) is 23.1. The third-order valence-electron chi connectivity index (χ3n) is 4.99. The number of esters is 1. The number of benzene rings is 2. The quantitative estimate of drug-likeness (QED) is 0.268. The first-order chi connectivity index (χ1) is 13.7. The summed E-state index contributed by atoms with van der Waals surface area (Å²) in [7, 11) is 0.337. The molecule has 0 saturated heterocycles. The highest BCUT2D eigenvalue weighted by Gasteiger charge is 2.58. The summed E-state index contributed by atoms with van der Waals surface area (Å²) in [5.41, 5.74) is -1.66. The molecule has 0 spiro atoms. The molecule has 0 radical (unpaired) electrons. The fourth-order valence-corrected chi connectivity index (χ4v) is 4.08. The van der Waals surface area contributed by atoms with E-state index >= 15 is 0 Å². The Labute approximate surface area is 177 Å². The van der Waals surface area contributed by atoms with Crippen LogP contribution >= 0.6 is 0 Å². The zero-order valence-electron chi connectivity index (χ0n) is 18.1. The Morgan fingerprint density at radius 3 is 2.03 bits per heavy atom. The smallest absolute Gasteiger partial charge is 0.345 e. The second-order valence-electron chi connectivity index (χ2n) is 8.47. The van der Waals surface area contributed by atoms with Crippen LogP contribution in [0.1, 0.15) is 39.7 Å². The molecule has 2 aromatic carbocycles. The summed E-state index contributed by atoms with van der Waals surface area (Å²) in [5, 5.41) is 0. The summed E-state index contributed by atoms with van der Waals surface area (Å²) in [6.07, 6.45) is 2.25. The molecule has 156 valence electrons. The molecule has 0 aromatic heterocycles. The van der Waals surface area contributed by atoms with Gasteiger partial charge in [-0.15, -0.1) is 6.58 Å². The topological polar surface area (TPSA) is 44.8 Å². The highest BCUT2D eigenvalue weighted by Crippen LogP contribution is 2.47. The molecule has 2 rings (SSSR count). The van der Waals surface area contributed by atoms with Crippen molar-refractivity contribution >= 4 is 16.5 Å². The number of hydrogen-bond acceptors (Lipinski definition) is 4. The molecule has 0 aliphatic heterocycles. The van der Waals surface area contributed by atoms with E-state index in [4.69, 9.17) is 13.9 Å². The molecule has 0 aliphatic carbocycles. The van der Waals surface area contributed by atoms with Crippen LogP contribution in [0.3, 0.4) is 0 Å². The van der Waals surface area contributed by atoms with Gasteiger partial charge in [0.15, 0.2) is 5.60 Å². The SMILES string of the molecule is C=CCOC(CC(C)(C)C)(c1ccccc1)C(C)(O[SiH3])C(=O)Oc1ccccc1. The number of ether oxygens (including phenoxy) is 2. The monoisotopic (exact) mass is 412 g/mol. The maximum absolute atomic E-state index is 13.5. The largest absolute Gasteiger partial charge is 0.424 e. The molecule has 2 atom stereocenters. The molecule has 4 nitrogen and oxygen atoms in total. The lowest BCUT2D eigenvalue weighted by atomic mass is 9.69. The molecule has 0 saturated carbocycles. The van der Waals surface area contributed by atoms with Crippen molar-refractivity contribution in [3.63, 3.8) is 0 Å². The van der Waals surface area contributed by atoms with Gasteiger partial charge in [-0.05, 0) is 36.5 Å². The van der Waals surface area contributed by atoms with Gasteiger partial charge in [0.1, 0.15) is 21.8 Å². The van der Waals surface area contributed by atoms with E-state index in [-0.39, 0.29) is 12.0 Å². The summed E-state index contributed by atoms with van der Waals surface area (Å²) in [4.78, 5) is 13.5. The van der Waals surface area contributed by atoms with Crippen molar-refractivity contribution < 1.29 is 18.7 Å². The van der Waals surface area contributed by atoms with Crippen LogP contribution in [-0.2, 0) is 19.6 Å². The van der Waals surface area contributed by atoms with Crippen molar-refractivity contribution in [1.29, 1.82) is 0 Å². The van der Waals surface area contributed by atoms with Gasteiger partial charge in [-0.3, -0.25) is 0 Å². The van der Waals surface area contributed by atoms with Gasteiger partial charge < -0.3 is 13.9 Å². The van der Waals surface area contributed by atoms with E-state index in [9.17, 15) is 4.79 Å². The predicted molar refractivity (Wildman–Crippen MR) is 120 cm³/mol. The lowest BCUT2D eigenvalue weighted by Crippen LogP contribution is -2.60. The molecular weight excluding hydrogens is 380 g/mol. The molecule has 2 unspecified atom stereocenters. The Balaban J connectivity index is 2.63. The van der Waals surface area contributed by atoms with Crippen molar-refractivity contribution in [2.45, 2.75) is 45.3 Å². The predicted octanol–water partition coefficient (Wildman–Crippen LogP) is 4.18. The lowest BCUT2D eigenvalue weighted by molar-refractivity contribution is -0.200. The Kier molecular flexibility index (Phi) is 7.58. The Bertz CT molecular complexity index is 801. The molecule has 29 heavy (non-hydrogen) atoms. The highest BCUT2D eigenvalue weighted by atomic mass is 28.2. The third kappa shape index (κ3) is 5.24. The van der Waals surface area contributed by atoms with Crippen LogP contribution < -0.4 is 4.74 Å². The minimum atomic E-state index is -1.34. The highest BCUT2D eigenvalue weighted by molar-refractivity contribution is 6.01. The summed E-state index contributed by atoms with van der Waals surface area (Å²) < 4.78 is 18.2. The zero-order chi connectivity index (χ0) is 21.5. The standard InChI is InChI=1S/C24H32O4Si/c1-6-17-26-24(18-22(2,3)4,19-13-9-7-10-14-19)23(5,28-29)21(25)27-20-15-11-8-12-16-20/h6-16H,1,17-18H2,2-5,29H3. The third-order valence-corrected chi connectivity index (χ3v) is 5.81. The maximum atomic E-state index is 13.5. The summed E-state index contributed by atoms with van der Waals surface area (Å²) in [6.45, 7) is 12.2. The minimum absolute atomic E-state index is 0.147. The van der Waals surface area contributed by atoms with Crippen molar-refractivity contribution in [3.8, 4) is 5.75 Å². The maximum Gasteiger partial charge on any atom is 0.345 e. The van der Waals surface area contributed by atoms with Crippen LogP contribution in [0.25, 0.3) is 0 Å². The molecule has 0 fully saturated rings. The van der Waals surface area contributed by atoms with Crippen LogP contribution in [0.15, 0.2) is 73.3 Å². The second-order valence-corrected chi connectivity index (χ2v) is 8.88. The van der Waals surface area contributed by atoms with E-state index in [0.29, 0.717) is 22.7 Å². The van der Waals surface area contributed by atoms with Gasteiger partial charge in [0.2, 0.25) is 0 Å². The molecule has 2 aromatic rings. The van der Waals surface area contributed by atoms with E-state index in [1.54, 1.807) is 25.1 Å². The van der Waals surface area contributed by atoms with Crippen LogP contribution in [0.5, 0.6) is 5.75 Å². The normalized spacial score (nSPS) is 15.9. The zero-order valence-corrected chi connectivity index (χ0v) is 20.1. The van der Waals surface area contributed by atoms with Crippen LogP contribution in [-0.4, -0.2) is 28.7 Å². The van der Waals surface area contributed by atoms with Crippen molar-refractivity contribution in [1.82, 2.24) is 0 Å². The van der Waals surface area contributed by atoms with Gasteiger partial charge in [0, 0.05) is 0 Å². The lowest BCUT2D eigenvalue weighted by Gasteiger charge is -2.48. The number of para-hydroxylation sites is 1. The molecular formula is C24H32O4Si. The van der Waals surface area contributed by atoms with Gasteiger partial charge in [0.05, 0.1) is 6.61 Å². The molecule has 0 heterocycles. The van der Waals surface area contributed by atoms with Crippen molar-refractivity contribution in [2.75, 3.05) is 6.61 Å². The van der Waals surface area contributed by atoms with Gasteiger partial charge >= 0.3 is 5.97 Å². The number of hydrogen-bond donors (Lipinski definition) is 0. The van der Waals surface area contributed by atoms with Gasteiger partial charge in [0.25, 0.3) is 0 Å². The van der Waals surface area contributed by atoms with E-state index in [0.717, 1.165) is 5.56 Å². The summed E-state index contributed by atoms with van der Waals surface area (Å²) in [6, 6.07) is 18.8. The molecule has 0 aliphatic rings. The summed E-state index contributed by atoms with van der Waals surface area (Å²) in [5.74, 6) is -0.000233. The van der Waals surface area contributed by atoms with E-state index in [1.165, 1.54) is 0 Å². The van der Waals surface area contributed by atoms with E-state index in [2.05, 4.69) is 27.4 Å². The van der Waals surface area contributed by atoms with E-state index in [1.807, 2.05) is 48.5 Å². The number of carbonyl (C=O) groups excluding carboxylic acids is 1. The van der Waals surface area contributed by atoms with Crippen LogP contribution in [0.4, 0.5) is 0 Å². The molecule has 0 bridgehead atoms. The Morgan fingerprint density at radius 2 is 1.55 bits per heavy atom. The Hall–Kier alpha value is -2.21. The van der Waals surface area contributed by atoms with E-state index < -0.39 is 17.2 Å². The average Bonchev–Trinajstić information content (AvgIpc) is 2.71. The van der Waals surface area contributed by atoms with Gasteiger partial charge in [-0.1, -0.05) is 75.4 Å². The fourth-order valence-electron chi connectivity index (χ4n) is 3.58. The van der Waals surface area contributed by atoms with Crippen LogP contribution in [0.2, 0.25) is 0 Å². The fraction of sp³-hybridized carbons (Fsp3) is 0.375. The molecule has 0 amide bonds. The minimum Gasteiger partial charge on any atom is -0.424 e. The van der Waals surface area contributed by atoms with Gasteiger partial charge in [-0.2, -0.15) is 0 Å². The average molecular weight is 413 g/mol. The Morgan fingerprint density at radius 1 is 1.00 bits per heavy atom. The van der Waals surface area contributed by atoms with Crippen molar-refractivity contribution in [3.05, 3.63) is 78.9 Å². The first-order valence-electron chi connectivity index (χ1n) is 9.81. The van der Waals surface area contributed by atoms with Gasteiger partial charge in [-0.25, -0.2) is 4.79 Å². The van der Waals surface area contributed by atoms with Crippen molar-refractivity contribution in [2.24, 2.45) is 5.41 Å². The number of rotatable bonds is 9.